The van der Waals surface area contributed by atoms with E-state index in [2.05, 4.69) is 11.0 Å². The van der Waals surface area contributed by atoms with Crippen LogP contribution in [0.1, 0.15) is 37.7 Å². The van der Waals surface area contributed by atoms with Crippen LogP contribution in [-0.4, -0.2) is 24.0 Å². The summed E-state index contributed by atoms with van der Waals surface area (Å²) >= 11 is 0. The molecule has 2 fully saturated rings. The molecule has 1 atom stereocenters. The molecular formula is C16H19F2N. The van der Waals surface area contributed by atoms with Gasteiger partial charge in [0.1, 0.15) is 0 Å². The minimum atomic E-state index is -0.773. The normalized spacial score (nSPS) is 26.4. The highest BCUT2D eigenvalue weighted by Gasteiger charge is 2.28. The van der Waals surface area contributed by atoms with Crippen LogP contribution in [0.25, 0.3) is 6.08 Å². The number of hydrogen-bond donors (Lipinski definition) is 0. The fourth-order valence-electron chi connectivity index (χ4n) is 3.07. The molecule has 0 N–H and O–H groups in total. The number of hydrogen-bond acceptors (Lipinski definition) is 1. The molecule has 1 aromatic rings. The molecule has 102 valence electrons. The molecular weight excluding hydrogens is 244 g/mol. The Morgan fingerprint density at radius 3 is 2.58 bits per heavy atom. The number of benzene rings is 1. The Labute approximate surface area is 112 Å². The summed E-state index contributed by atoms with van der Waals surface area (Å²) in [6, 6.07) is 4.69. The maximum atomic E-state index is 13.3. The quantitative estimate of drug-likeness (QED) is 0.779. The lowest BCUT2D eigenvalue weighted by Crippen LogP contribution is -2.46. The van der Waals surface area contributed by atoms with Crippen molar-refractivity contribution >= 4 is 6.08 Å². The highest BCUT2D eigenvalue weighted by atomic mass is 19.2. The van der Waals surface area contributed by atoms with Crippen molar-refractivity contribution < 1.29 is 8.78 Å². The largest absolute Gasteiger partial charge is 0.297 e. The van der Waals surface area contributed by atoms with Crippen LogP contribution in [0.4, 0.5) is 8.78 Å². The highest BCUT2D eigenvalue weighted by Crippen LogP contribution is 2.32. The molecule has 1 saturated carbocycles. The van der Waals surface area contributed by atoms with E-state index in [1.54, 1.807) is 6.07 Å². The van der Waals surface area contributed by atoms with Gasteiger partial charge in [-0.2, -0.15) is 0 Å². The predicted octanol–water partition coefficient (Wildman–Crippen LogP) is 4.00. The van der Waals surface area contributed by atoms with Crippen LogP contribution in [-0.2, 0) is 0 Å². The maximum absolute atomic E-state index is 13.3. The second kappa shape index (κ2) is 5.41. The number of nitrogens with zero attached hydrogens (tertiary/aromatic N) is 1. The first-order chi connectivity index (χ1) is 9.24. The first-order valence-electron chi connectivity index (χ1n) is 7.13. The van der Waals surface area contributed by atoms with Crippen LogP contribution < -0.4 is 0 Å². The van der Waals surface area contributed by atoms with E-state index >= 15 is 0 Å². The van der Waals surface area contributed by atoms with Gasteiger partial charge in [-0.15, -0.1) is 0 Å². The molecule has 1 nitrogen and oxygen atoms in total. The fourth-order valence-corrected chi connectivity index (χ4v) is 3.07. The van der Waals surface area contributed by atoms with Crippen LogP contribution in [0, 0.1) is 11.6 Å². The summed E-state index contributed by atoms with van der Waals surface area (Å²) in [5.74, 6) is -1.53. The zero-order valence-corrected chi connectivity index (χ0v) is 11.0. The van der Waals surface area contributed by atoms with Gasteiger partial charge >= 0.3 is 0 Å². The lowest BCUT2D eigenvalue weighted by Gasteiger charge is -2.42. The molecule has 1 aliphatic heterocycles. The van der Waals surface area contributed by atoms with Gasteiger partial charge in [0, 0.05) is 6.04 Å². The SMILES string of the molecule is Fc1ccc(/C=C2/CCCCC2N2CCC2)cc1F. The first-order valence-corrected chi connectivity index (χ1v) is 7.13. The van der Waals surface area contributed by atoms with Gasteiger partial charge < -0.3 is 0 Å². The topological polar surface area (TPSA) is 3.24 Å². The van der Waals surface area contributed by atoms with Crippen molar-refractivity contribution in [3.8, 4) is 0 Å². The molecule has 0 radical (unpaired) electrons. The van der Waals surface area contributed by atoms with Gasteiger partial charge in [-0.1, -0.05) is 24.1 Å². The van der Waals surface area contributed by atoms with Crippen molar-refractivity contribution in [2.45, 2.75) is 38.1 Å². The summed E-state index contributed by atoms with van der Waals surface area (Å²) < 4.78 is 26.2. The van der Waals surface area contributed by atoms with E-state index in [1.807, 2.05) is 0 Å². The first kappa shape index (κ1) is 12.8. The minimum absolute atomic E-state index is 0.524. The summed E-state index contributed by atoms with van der Waals surface area (Å²) in [6.45, 7) is 2.36. The van der Waals surface area contributed by atoms with Crippen LogP contribution >= 0.6 is 0 Å². The molecule has 3 rings (SSSR count). The van der Waals surface area contributed by atoms with E-state index in [-0.39, 0.29) is 0 Å². The van der Waals surface area contributed by atoms with E-state index in [0.717, 1.165) is 12.0 Å². The molecule has 1 saturated heterocycles. The van der Waals surface area contributed by atoms with Gasteiger partial charge in [0.05, 0.1) is 0 Å². The lowest BCUT2D eigenvalue weighted by atomic mass is 9.86. The number of rotatable bonds is 2. The zero-order valence-electron chi connectivity index (χ0n) is 11.0. The summed E-state index contributed by atoms with van der Waals surface area (Å²) in [7, 11) is 0. The van der Waals surface area contributed by atoms with Crippen molar-refractivity contribution in [2.24, 2.45) is 0 Å². The highest BCUT2D eigenvalue weighted by molar-refractivity contribution is 5.54. The van der Waals surface area contributed by atoms with Crippen LogP contribution in [0.15, 0.2) is 23.8 Å². The second-order valence-electron chi connectivity index (χ2n) is 5.54. The zero-order chi connectivity index (χ0) is 13.2. The van der Waals surface area contributed by atoms with Gasteiger partial charge in [-0.05, 0) is 56.5 Å². The fraction of sp³-hybridized carbons (Fsp3) is 0.500. The van der Waals surface area contributed by atoms with E-state index in [0.29, 0.717) is 6.04 Å². The van der Waals surface area contributed by atoms with Crippen molar-refractivity contribution in [2.75, 3.05) is 13.1 Å². The molecule has 0 amide bonds. The monoisotopic (exact) mass is 263 g/mol. The Balaban J connectivity index is 1.84. The molecule has 1 aliphatic carbocycles. The third-order valence-electron chi connectivity index (χ3n) is 4.25. The summed E-state index contributed by atoms with van der Waals surface area (Å²) in [5.41, 5.74) is 2.17. The Kier molecular flexibility index (Phi) is 3.65. The molecule has 1 aromatic carbocycles. The van der Waals surface area contributed by atoms with Crippen molar-refractivity contribution in [1.82, 2.24) is 4.90 Å². The van der Waals surface area contributed by atoms with E-state index in [1.165, 1.54) is 56.5 Å². The van der Waals surface area contributed by atoms with Gasteiger partial charge in [-0.25, -0.2) is 8.78 Å². The van der Waals surface area contributed by atoms with E-state index < -0.39 is 11.6 Å². The Morgan fingerprint density at radius 2 is 1.89 bits per heavy atom. The van der Waals surface area contributed by atoms with Gasteiger partial charge in [-0.3, -0.25) is 4.90 Å². The number of likely N-dealkylation sites (tertiary alicyclic amines) is 1. The minimum Gasteiger partial charge on any atom is -0.297 e. The van der Waals surface area contributed by atoms with Gasteiger partial charge in [0.2, 0.25) is 0 Å². The molecule has 0 spiro atoms. The predicted molar refractivity (Wildman–Crippen MR) is 72.8 cm³/mol. The average Bonchev–Trinajstić information content (AvgIpc) is 2.34. The molecule has 1 unspecified atom stereocenters. The van der Waals surface area contributed by atoms with Crippen molar-refractivity contribution in [3.05, 3.63) is 41.0 Å². The lowest BCUT2D eigenvalue weighted by molar-refractivity contribution is 0.121. The Morgan fingerprint density at radius 1 is 1.05 bits per heavy atom. The van der Waals surface area contributed by atoms with E-state index in [4.69, 9.17) is 0 Å². The maximum Gasteiger partial charge on any atom is 0.159 e. The summed E-state index contributed by atoms with van der Waals surface area (Å²) in [5, 5.41) is 0. The number of halogens is 2. The van der Waals surface area contributed by atoms with Crippen molar-refractivity contribution in [3.63, 3.8) is 0 Å². The van der Waals surface area contributed by atoms with E-state index in [9.17, 15) is 8.78 Å². The summed E-state index contributed by atoms with van der Waals surface area (Å²) in [6.07, 6.45) is 8.12. The average molecular weight is 263 g/mol. The molecule has 3 heteroatoms. The van der Waals surface area contributed by atoms with Crippen molar-refractivity contribution in [1.29, 1.82) is 0 Å². The molecule has 0 aromatic heterocycles. The van der Waals surface area contributed by atoms with Gasteiger partial charge in [0.15, 0.2) is 11.6 Å². The van der Waals surface area contributed by atoms with Crippen LogP contribution in [0.3, 0.4) is 0 Å². The smallest absolute Gasteiger partial charge is 0.159 e. The molecule has 2 aliphatic rings. The Hall–Kier alpha value is -1.22. The molecule has 1 heterocycles. The third kappa shape index (κ3) is 2.71. The van der Waals surface area contributed by atoms with Gasteiger partial charge in [0.25, 0.3) is 0 Å². The third-order valence-corrected chi connectivity index (χ3v) is 4.25. The molecule has 19 heavy (non-hydrogen) atoms. The molecule has 0 bridgehead atoms. The second-order valence-corrected chi connectivity index (χ2v) is 5.54. The van der Waals surface area contributed by atoms with Crippen LogP contribution in [0.5, 0.6) is 0 Å². The Bertz CT molecular complexity index is 492. The standard InChI is InChI=1S/C16H19F2N/c17-14-7-6-12(11-15(14)18)10-13-4-1-2-5-16(13)19-8-3-9-19/h6-7,10-11,16H,1-5,8-9H2/b13-10-. The van der Waals surface area contributed by atoms with Crippen LogP contribution in [0.2, 0.25) is 0 Å². The summed E-state index contributed by atoms with van der Waals surface area (Å²) in [4.78, 5) is 2.50.